The van der Waals surface area contributed by atoms with E-state index in [9.17, 15) is 37.1 Å². The van der Waals surface area contributed by atoms with Crippen LogP contribution in [0.2, 0.25) is 0 Å². The summed E-state index contributed by atoms with van der Waals surface area (Å²) in [6, 6.07) is 14.2. The van der Waals surface area contributed by atoms with Crippen molar-refractivity contribution in [2.24, 2.45) is 11.8 Å². The van der Waals surface area contributed by atoms with E-state index < -0.39 is 40.9 Å². The standard InChI is InChI=1S/C30H26F5N3O2/c1-17-5-9-20(10-6-17)29(40)22-3-2-4-23(29)16-38(15-22)28(39)24-13-19(14-36)25(37-26(24)27(31)32)18-7-11-21(12-8-18)30(33,34)35/h5-13,22-23,27,40H,2-4,15-16H2,1H3/t22-,23+,29?. The topological polar surface area (TPSA) is 77.2 Å². The van der Waals surface area contributed by atoms with Crippen LogP contribution in [0.1, 0.15) is 64.0 Å². The molecule has 2 bridgehead atoms. The van der Waals surface area contributed by atoms with E-state index in [-0.39, 0.29) is 41.7 Å². The van der Waals surface area contributed by atoms with Gasteiger partial charge in [-0.2, -0.15) is 18.4 Å². The molecule has 1 unspecified atom stereocenters. The third kappa shape index (κ3) is 4.83. The minimum absolute atomic E-state index is 0.0427. The zero-order valence-electron chi connectivity index (χ0n) is 21.6. The number of likely N-dealkylation sites (tertiary alicyclic amines) is 1. The van der Waals surface area contributed by atoms with E-state index in [1.807, 2.05) is 37.3 Å². The molecule has 2 aliphatic rings. The lowest BCUT2D eigenvalue weighted by Crippen LogP contribution is -2.59. The first-order chi connectivity index (χ1) is 18.9. The van der Waals surface area contributed by atoms with Crippen molar-refractivity contribution in [3.63, 3.8) is 0 Å². The molecule has 3 aromatic rings. The van der Waals surface area contributed by atoms with Gasteiger partial charge in [0.25, 0.3) is 12.3 Å². The lowest BCUT2D eigenvalue weighted by Gasteiger charge is -2.53. The third-order valence-corrected chi connectivity index (χ3v) is 8.13. The maximum Gasteiger partial charge on any atom is 0.416 e. The van der Waals surface area contributed by atoms with E-state index in [0.29, 0.717) is 12.8 Å². The van der Waals surface area contributed by atoms with Crippen LogP contribution in [0.3, 0.4) is 0 Å². The molecule has 0 spiro atoms. The number of halogens is 5. The number of hydrogen-bond acceptors (Lipinski definition) is 4. The van der Waals surface area contributed by atoms with Gasteiger partial charge in [0.1, 0.15) is 11.8 Å². The molecule has 1 aromatic heterocycles. The summed E-state index contributed by atoms with van der Waals surface area (Å²) in [5.41, 5.74) is -1.94. The van der Waals surface area contributed by atoms with Crippen molar-refractivity contribution in [1.29, 1.82) is 5.26 Å². The summed E-state index contributed by atoms with van der Waals surface area (Å²) in [5, 5.41) is 21.6. The molecule has 1 saturated carbocycles. The fourth-order valence-corrected chi connectivity index (χ4v) is 6.07. The number of hydrogen-bond donors (Lipinski definition) is 1. The highest BCUT2D eigenvalue weighted by Crippen LogP contribution is 2.49. The van der Waals surface area contributed by atoms with Crippen molar-refractivity contribution >= 4 is 5.91 Å². The van der Waals surface area contributed by atoms with Crippen LogP contribution in [0, 0.1) is 30.1 Å². The van der Waals surface area contributed by atoms with Crippen molar-refractivity contribution in [2.75, 3.05) is 13.1 Å². The first-order valence-electron chi connectivity index (χ1n) is 12.9. The lowest BCUT2D eigenvalue weighted by atomic mass is 9.62. The monoisotopic (exact) mass is 555 g/mol. The van der Waals surface area contributed by atoms with Crippen LogP contribution >= 0.6 is 0 Å². The van der Waals surface area contributed by atoms with Gasteiger partial charge in [-0.3, -0.25) is 4.79 Å². The molecule has 3 atom stereocenters. The van der Waals surface area contributed by atoms with Crippen LogP contribution < -0.4 is 0 Å². The Morgan fingerprint density at radius 1 is 1.07 bits per heavy atom. The second-order valence-corrected chi connectivity index (χ2v) is 10.5. The number of nitrogens with zero attached hydrogens (tertiary/aromatic N) is 3. The molecule has 0 radical (unpaired) electrons. The van der Waals surface area contributed by atoms with E-state index >= 15 is 0 Å². The van der Waals surface area contributed by atoms with Crippen molar-refractivity contribution < 1.29 is 31.9 Å². The number of carbonyl (C=O) groups is 1. The highest BCUT2D eigenvalue weighted by molar-refractivity contribution is 5.96. The fourth-order valence-electron chi connectivity index (χ4n) is 6.07. The predicted molar refractivity (Wildman–Crippen MR) is 136 cm³/mol. The van der Waals surface area contributed by atoms with Gasteiger partial charge in [0.2, 0.25) is 0 Å². The number of rotatable bonds is 4. The van der Waals surface area contributed by atoms with Gasteiger partial charge in [0, 0.05) is 30.5 Å². The number of alkyl halides is 5. The third-order valence-electron chi connectivity index (χ3n) is 8.13. The van der Waals surface area contributed by atoms with E-state index in [4.69, 9.17) is 0 Å². The molecule has 10 heteroatoms. The van der Waals surface area contributed by atoms with Crippen LogP contribution in [0.5, 0.6) is 0 Å². The van der Waals surface area contributed by atoms with E-state index in [1.54, 1.807) is 0 Å². The number of nitriles is 1. The highest BCUT2D eigenvalue weighted by atomic mass is 19.4. The Kier molecular flexibility index (Phi) is 7.13. The molecule has 5 rings (SSSR count). The molecule has 1 N–H and O–H groups in total. The van der Waals surface area contributed by atoms with Gasteiger partial charge < -0.3 is 10.0 Å². The highest BCUT2D eigenvalue weighted by Gasteiger charge is 2.52. The summed E-state index contributed by atoms with van der Waals surface area (Å²) in [6.45, 7) is 2.23. The van der Waals surface area contributed by atoms with Crippen LogP contribution in [-0.4, -0.2) is 34.0 Å². The molecule has 40 heavy (non-hydrogen) atoms. The van der Waals surface area contributed by atoms with Crippen LogP contribution in [0.4, 0.5) is 22.0 Å². The lowest BCUT2D eigenvalue weighted by molar-refractivity contribution is -0.139. The molecule has 5 nitrogen and oxygen atoms in total. The number of amides is 1. The molecule has 1 amide bonds. The molecule has 1 aliphatic carbocycles. The molecular formula is C30H26F5N3O2. The summed E-state index contributed by atoms with van der Waals surface area (Å²) < 4.78 is 67.3. The molecule has 2 fully saturated rings. The number of aliphatic hydroxyl groups is 1. The molecular weight excluding hydrogens is 529 g/mol. The molecule has 2 heterocycles. The Labute approximate surface area is 227 Å². The summed E-state index contributed by atoms with van der Waals surface area (Å²) in [4.78, 5) is 19.0. The first kappa shape index (κ1) is 27.7. The van der Waals surface area contributed by atoms with Crippen LogP contribution in [-0.2, 0) is 11.8 Å². The first-order valence-corrected chi connectivity index (χ1v) is 12.9. The van der Waals surface area contributed by atoms with Gasteiger partial charge in [0.05, 0.1) is 28.0 Å². The Hall–Kier alpha value is -3.84. The predicted octanol–water partition coefficient (Wildman–Crippen LogP) is 6.65. The van der Waals surface area contributed by atoms with E-state index in [0.717, 1.165) is 47.9 Å². The Bertz CT molecular complexity index is 1450. The van der Waals surface area contributed by atoms with Gasteiger partial charge in [-0.05, 0) is 43.5 Å². The van der Waals surface area contributed by atoms with Gasteiger partial charge >= 0.3 is 6.18 Å². The maximum atomic E-state index is 14.2. The number of fused-ring (bicyclic) bond motifs is 2. The average Bonchev–Trinajstić information content (AvgIpc) is 2.91. The Morgan fingerprint density at radius 2 is 1.68 bits per heavy atom. The molecule has 208 valence electrons. The summed E-state index contributed by atoms with van der Waals surface area (Å²) in [5.74, 6) is -1.34. The average molecular weight is 556 g/mol. The maximum absolute atomic E-state index is 14.2. The number of benzene rings is 2. The number of aromatic nitrogens is 1. The Balaban J connectivity index is 1.49. The second-order valence-electron chi connectivity index (χ2n) is 10.5. The van der Waals surface area contributed by atoms with Crippen molar-refractivity contribution in [1.82, 2.24) is 9.88 Å². The number of pyridine rings is 1. The largest absolute Gasteiger partial charge is 0.416 e. The van der Waals surface area contributed by atoms with Gasteiger partial charge in [-0.25, -0.2) is 13.8 Å². The fraction of sp³-hybridized carbons (Fsp3) is 0.367. The number of carbonyl (C=O) groups excluding carboxylic acids is 1. The minimum Gasteiger partial charge on any atom is -0.384 e. The van der Waals surface area contributed by atoms with Crippen molar-refractivity contribution in [2.45, 2.75) is 44.4 Å². The molecule has 2 aromatic carbocycles. The van der Waals surface area contributed by atoms with Gasteiger partial charge in [-0.1, -0.05) is 48.4 Å². The Morgan fingerprint density at radius 3 is 2.20 bits per heavy atom. The quantitative estimate of drug-likeness (QED) is 0.366. The SMILES string of the molecule is Cc1ccc(C2(O)[C@@H]3CCC[C@H]2CN(C(=O)c2cc(C#N)c(-c4ccc(C(F)(F)F)cc4)nc2C(F)F)C3)cc1. The number of piperidine rings is 1. The van der Waals surface area contributed by atoms with Crippen LogP contribution in [0.15, 0.2) is 54.6 Å². The molecule has 1 aliphatic heterocycles. The zero-order valence-corrected chi connectivity index (χ0v) is 21.6. The normalized spacial score (nSPS) is 22.7. The van der Waals surface area contributed by atoms with E-state index in [2.05, 4.69) is 4.98 Å². The summed E-state index contributed by atoms with van der Waals surface area (Å²) in [7, 11) is 0. The summed E-state index contributed by atoms with van der Waals surface area (Å²) in [6.07, 6.45) is -5.58. The van der Waals surface area contributed by atoms with E-state index in [1.165, 1.54) is 4.90 Å². The van der Waals surface area contributed by atoms with Crippen LogP contribution in [0.25, 0.3) is 11.3 Å². The number of aryl methyl sites for hydroxylation is 1. The van der Waals surface area contributed by atoms with Crippen molar-refractivity contribution in [3.05, 3.63) is 88.1 Å². The van der Waals surface area contributed by atoms with Gasteiger partial charge in [0.15, 0.2) is 0 Å². The van der Waals surface area contributed by atoms with Crippen molar-refractivity contribution in [3.8, 4) is 17.3 Å². The second kappa shape index (κ2) is 10.3. The van der Waals surface area contributed by atoms with Gasteiger partial charge in [-0.15, -0.1) is 0 Å². The summed E-state index contributed by atoms with van der Waals surface area (Å²) >= 11 is 0. The molecule has 1 saturated heterocycles. The smallest absolute Gasteiger partial charge is 0.384 e. The minimum atomic E-state index is -4.59. The zero-order chi connectivity index (χ0) is 28.8.